The predicted octanol–water partition coefficient (Wildman–Crippen LogP) is 1.02. The van der Waals surface area contributed by atoms with Crippen LogP contribution < -0.4 is 5.32 Å². The van der Waals surface area contributed by atoms with Crippen LogP contribution in [-0.4, -0.2) is 47.3 Å². The average molecular weight is 260 g/mol. The number of hydrogen-bond donors (Lipinski definition) is 2. The number of alkyl carbamates (subject to hydrolysis) is 1. The highest BCUT2D eigenvalue weighted by atomic mass is 16.7. The van der Waals surface area contributed by atoms with E-state index in [1.165, 1.54) is 4.90 Å². The van der Waals surface area contributed by atoms with Crippen LogP contribution in [0, 0.1) is 0 Å². The zero-order valence-electron chi connectivity index (χ0n) is 10.9. The Hall–Kier alpha value is -1.50. The van der Waals surface area contributed by atoms with E-state index in [-0.39, 0.29) is 0 Å². The molecule has 1 unspecified atom stereocenters. The lowest BCUT2D eigenvalue weighted by molar-refractivity contribution is -0.0840. The quantitative estimate of drug-likeness (QED) is 0.724. The summed E-state index contributed by atoms with van der Waals surface area (Å²) in [5.74, 6) is 0. The zero-order valence-corrected chi connectivity index (χ0v) is 10.9. The Balaban J connectivity index is 2.30. The molecule has 0 aromatic heterocycles. The fourth-order valence-electron chi connectivity index (χ4n) is 1.51. The van der Waals surface area contributed by atoms with Crippen LogP contribution in [0.2, 0.25) is 0 Å². The summed E-state index contributed by atoms with van der Waals surface area (Å²) in [4.78, 5) is 24.2. The van der Waals surface area contributed by atoms with Gasteiger partial charge in [-0.3, -0.25) is 5.32 Å². The van der Waals surface area contributed by atoms with Gasteiger partial charge in [-0.05, 0) is 33.6 Å². The van der Waals surface area contributed by atoms with Crippen molar-refractivity contribution in [2.24, 2.45) is 0 Å². The van der Waals surface area contributed by atoms with E-state index in [2.05, 4.69) is 4.74 Å². The number of likely N-dealkylation sites (tertiary alicyclic amines) is 1. The summed E-state index contributed by atoms with van der Waals surface area (Å²) >= 11 is 0. The highest BCUT2D eigenvalue weighted by Crippen LogP contribution is 2.10. The van der Waals surface area contributed by atoms with Crippen LogP contribution in [0.25, 0.3) is 0 Å². The summed E-state index contributed by atoms with van der Waals surface area (Å²) in [6.45, 7) is 6.29. The van der Waals surface area contributed by atoms with Gasteiger partial charge in [-0.15, -0.1) is 0 Å². The Labute approximate surface area is 106 Å². The standard InChI is InChI=1S/C11H20N2O5/c1-11(2,3)18-9(15)12-8(14)17-10(16)13-6-4-5-7-13/h8,14H,4-7H2,1-3H3,(H,12,15). The van der Waals surface area contributed by atoms with E-state index >= 15 is 0 Å². The third-order valence-corrected chi connectivity index (χ3v) is 2.22. The van der Waals surface area contributed by atoms with E-state index in [1.54, 1.807) is 20.8 Å². The predicted molar refractivity (Wildman–Crippen MR) is 62.7 cm³/mol. The number of aliphatic hydroxyl groups excluding tert-OH is 1. The Kier molecular flexibility index (Phi) is 4.77. The first-order chi connectivity index (χ1) is 8.28. The molecule has 18 heavy (non-hydrogen) atoms. The summed E-state index contributed by atoms with van der Waals surface area (Å²) in [6.07, 6.45) is -1.34. The molecule has 0 aromatic rings. The second-order valence-electron chi connectivity index (χ2n) is 5.08. The Morgan fingerprint density at radius 2 is 1.83 bits per heavy atom. The van der Waals surface area contributed by atoms with Crippen molar-refractivity contribution in [2.75, 3.05) is 13.1 Å². The number of rotatable bonds is 2. The molecular weight excluding hydrogens is 240 g/mol. The van der Waals surface area contributed by atoms with Crippen LogP contribution in [-0.2, 0) is 9.47 Å². The molecule has 7 nitrogen and oxygen atoms in total. The van der Waals surface area contributed by atoms with Gasteiger partial charge in [0.05, 0.1) is 0 Å². The molecule has 0 spiro atoms. The fourth-order valence-corrected chi connectivity index (χ4v) is 1.51. The van der Waals surface area contributed by atoms with Gasteiger partial charge in [0.2, 0.25) is 0 Å². The molecule has 1 rings (SSSR count). The van der Waals surface area contributed by atoms with Crippen molar-refractivity contribution in [3.63, 3.8) is 0 Å². The van der Waals surface area contributed by atoms with Crippen molar-refractivity contribution in [1.82, 2.24) is 10.2 Å². The van der Waals surface area contributed by atoms with E-state index < -0.39 is 24.2 Å². The molecule has 0 aliphatic carbocycles. The molecule has 1 fully saturated rings. The van der Waals surface area contributed by atoms with Crippen LogP contribution in [0.1, 0.15) is 33.6 Å². The smallest absolute Gasteiger partial charge is 0.413 e. The number of nitrogens with one attached hydrogen (secondary N) is 1. The van der Waals surface area contributed by atoms with Gasteiger partial charge < -0.3 is 19.5 Å². The number of aliphatic hydroxyl groups is 1. The minimum atomic E-state index is -1.70. The second-order valence-corrected chi connectivity index (χ2v) is 5.08. The van der Waals surface area contributed by atoms with Crippen molar-refractivity contribution < 1.29 is 24.2 Å². The third kappa shape index (κ3) is 5.22. The van der Waals surface area contributed by atoms with Crippen LogP contribution in [0.5, 0.6) is 0 Å². The normalized spacial score (nSPS) is 17.2. The molecule has 104 valence electrons. The van der Waals surface area contributed by atoms with E-state index in [0.29, 0.717) is 13.1 Å². The second kappa shape index (κ2) is 5.90. The lowest BCUT2D eigenvalue weighted by Gasteiger charge is -2.22. The van der Waals surface area contributed by atoms with E-state index in [9.17, 15) is 14.7 Å². The highest BCUT2D eigenvalue weighted by molar-refractivity contribution is 5.70. The molecule has 1 saturated heterocycles. The maximum atomic E-state index is 11.5. The molecule has 1 aliphatic rings. The van der Waals surface area contributed by atoms with Gasteiger partial charge in [0.15, 0.2) is 0 Å². The molecule has 0 aromatic carbocycles. The summed E-state index contributed by atoms with van der Waals surface area (Å²) in [5.41, 5.74) is -0.678. The van der Waals surface area contributed by atoms with E-state index in [4.69, 9.17) is 4.74 Å². The van der Waals surface area contributed by atoms with Crippen molar-refractivity contribution in [2.45, 2.75) is 45.6 Å². The summed E-state index contributed by atoms with van der Waals surface area (Å²) in [5, 5.41) is 11.4. The molecule has 7 heteroatoms. The Morgan fingerprint density at radius 1 is 1.28 bits per heavy atom. The van der Waals surface area contributed by atoms with Crippen molar-refractivity contribution in [1.29, 1.82) is 0 Å². The fraction of sp³-hybridized carbons (Fsp3) is 0.818. The Morgan fingerprint density at radius 3 is 2.33 bits per heavy atom. The zero-order chi connectivity index (χ0) is 13.8. The molecule has 1 atom stereocenters. The number of carbonyl (C=O) groups excluding carboxylic acids is 2. The minimum Gasteiger partial charge on any atom is -0.444 e. The van der Waals surface area contributed by atoms with Crippen molar-refractivity contribution in [3.8, 4) is 0 Å². The highest BCUT2D eigenvalue weighted by Gasteiger charge is 2.24. The molecule has 0 saturated carbocycles. The van der Waals surface area contributed by atoms with Gasteiger partial charge in [-0.25, -0.2) is 9.59 Å². The molecule has 0 radical (unpaired) electrons. The molecule has 2 amide bonds. The molecule has 0 bridgehead atoms. The molecule has 2 N–H and O–H groups in total. The van der Waals surface area contributed by atoms with E-state index in [1.807, 2.05) is 5.32 Å². The monoisotopic (exact) mass is 260 g/mol. The number of carbonyl (C=O) groups is 2. The van der Waals surface area contributed by atoms with Crippen LogP contribution in [0.3, 0.4) is 0 Å². The number of ether oxygens (including phenoxy) is 2. The first kappa shape index (κ1) is 14.6. The SMILES string of the molecule is CC(C)(C)OC(=O)NC(O)OC(=O)N1CCCC1. The average Bonchev–Trinajstić information content (AvgIpc) is 2.65. The summed E-state index contributed by atoms with van der Waals surface area (Å²) in [6, 6.07) is 0. The van der Waals surface area contributed by atoms with Gasteiger partial charge in [0.1, 0.15) is 5.60 Å². The minimum absolute atomic E-state index is 0.609. The van der Waals surface area contributed by atoms with E-state index in [0.717, 1.165) is 12.8 Å². The maximum absolute atomic E-state index is 11.5. The van der Waals surface area contributed by atoms with Gasteiger partial charge in [-0.1, -0.05) is 0 Å². The molecule has 1 heterocycles. The maximum Gasteiger partial charge on any atom is 0.413 e. The summed E-state index contributed by atoms with van der Waals surface area (Å²) in [7, 11) is 0. The van der Waals surface area contributed by atoms with Gasteiger partial charge >= 0.3 is 12.2 Å². The van der Waals surface area contributed by atoms with Gasteiger partial charge in [-0.2, -0.15) is 0 Å². The van der Waals surface area contributed by atoms with Gasteiger partial charge in [0.25, 0.3) is 6.41 Å². The third-order valence-electron chi connectivity index (χ3n) is 2.22. The van der Waals surface area contributed by atoms with Gasteiger partial charge in [0, 0.05) is 13.1 Å². The lowest BCUT2D eigenvalue weighted by atomic mass is 10.2. The number of nitrogens with zero attached hydrogens (tertiary/aromatic N) is 1. The largest absolute Gasteiger partial charge is 0.444 e. The first-order valence-corrected chi connectivity index (χ1v) is 5.91. The lowest BCUT2D eigenvalue weighted by Crippen LogP contribution is -2.43. The topological polar surface area (TPSA) is 88.1 Å². The Bertz CT molecular complexity index is 307. The van der Waals surface area contributed by atoms with Crippen LogP contribution >= 0.6 is 0 Å². The van der Waals surface area contributed by atoms with Crippen LogP contribution in [0.15, 0.2) is 0 Å². The molecular formula is C11H20N2O5. The number of amides is 2. The summed E-state index contributed by atoms with van der Waals surface area (Å²) < 4.78 is 9.55. The van der Waals surface area contributed by atoms with Crippen molar-refractivity contribution >= 4 is 12.2 Å². The molecule has 1 aliphatic heterocycles. The number of hydrogen-bond acceptors (Lipinski definition) is 5. The van der Waals surface area contributed by atoms with Crippen LogP contribution in [0.4, 0.5) is 9.59 Å². The first-order valence-electron chi connectivity index (χ1n) is 5.91. The van der Waals surface area contributed by atoms with Crippen molar-refractivity contribution in [3.05, 3.63) is 0 Å².